The Bertz CT molecular complexity index is 892. The van der Waals surface area contributed by atoms with E-state index in [2.05, 4.69) is 5.32 Å². The van der Waals surface area contributed by atoms with Gasteiger partial charge in [0.1, 0.15) is 0 Å². The first-order valence-electron chi connectivity index (χ1n) is 7.89. The minimum Gasteiger partial charge on any atom is -0.350 e. The van der Waals surface area contributed by atoms with Gasteiger partial charge in [0, 0.05) is 23.7 Å². The number of rotatable bonds is 4. The molecule has 0 saturated carbocycles. The first-order chi connectivity index (χ1) is 11.9. The Kier molecular flexibility index (Phi) is 4.59. The molecule has 0 aliphatic carbocycles. The first-order valence-corrected chi connectivity index (χ1v) is 8.27. The second kappa shape index (κ2) is 6.69. The molecule has 0 fully saturated rings. The Labute approximate surface area is 150 Å². The van der Waals surface area contributed by atoms with Gasteiger partial charge in [0.05, 0.1) is 11.1 Å². The summed E-state index contributed by atoms with van der Waals surface area (Å²) in [5, 5.41) is 3.15. The van der Waals surface area contributed by atoms with Crippen LogP contribution in [0, 0.1) is 13.8 Å². The van der Waals surface area contributed by atoms with E-state index in [1.807, 2.05) is 26.0 Å². The highest BCUT2D eigenvalue weighted by Gasteiger charge is 2.35. The fraction of sp³-hybridized carbons (Fsp3) is 0.211. The molecule has 0 radical (unpaired) electrons. The van der Waals surface area contributed by atoms with Gasteiger partial charge >= 0.3 is 0 Å². The minimum absolute atomic E-state index is 0.112. The van der Waals surface area contributed by atoms with Gasteiger partial charge in [-0.3, -0.25) is 19.3 Å². The Balaban J connectivity index is 1.63. The van der Waals surface area contributed by atoms with Crippen LogP contribution in [0.5, 0.6) is 0 Å². The lowest BCUT2D eigenvalue weighted by Gasteiger charge is -2.14. The number of nitrogens with one attached hydrogen (secondary N) is 1. The summed E-state index contributed by atoms with van der Waals surface area (Å²) in [6.45, 7) is 4.22. The fourth-order valence-electron chi connectivity index (χ4n) is 2.73. The number of nitrogens with zero attached hydrogens (tertiary/aromatic N) is 1. The van der Waals surface area contributed by atoms with Crippen LogP contribution in [0.2, 0.25) is 5.02 Å². The summed E-state index contributed by atoms with van der Waals surface area (Å²) in [4.78, 5) is 37.9. The maximum Gasteiger partial charge on any atom is 0.261 e. The molecule has 25 heavy (non-hydrogen) atoms. The molecule has 2 aromatic carbocycles. The predicted octanol–water partition coefficient (Wildman–Crippen LogP) is 2.98. The molecule has 0 saturated heterocycles. The van der Waals surface area contributed by atoms with E-state index < -0.39 is 0 Å². The van der Waals surface area contributed by atoms with Crippen LogP contribution in [0.1, 0.15) is 42.2 Å². The predicted molar refractivity (Wildman–Crippen MR) is 95.1 cm³/mol. The third kappa shape index (κ3) is 3.28. The van der Waals surface area contributed by atoms with Crippen LogP contribution in [0.25, 0.3) is 0 Å². The summed E-state index contributed by atoms with van der Waals surface area (Å²) in [6.07, 6.45) is 0. The molecule has 1 aliphatic heterocycles. The van der Waals surface area contributed by atoms with Crippen molar-refractivity contribution in [2.45, 2.75) is 13.8 Å². The SMILES string of the molecule is Cc1ccc(C(=O)NCCN2C(=O)c3ccc(Cl)cc3C2=O)cc1C. The van der Waals surface area contributed by atoms with Gasteiger partial charge in [-0.05, 0) is 55.3 Å². The van der Waals surface area contributed by atoms with Gasteiger partial charge in [-0.15, -0.1) is 0 Å². The van der Waals surface area contributed by atoms with Gasteiger partial charge in [0.15, 0.2) is 0 Å². The monoisotopic (exact) mass is 356 g/mol. The average Bonchev–Trinajstić information content (AvgIpc) is 2.81. The maximum atomic E-state index is 12.3. The van der Waals surface area contributed by atoms with E-state index in [-0.39, 0.29) is 30.8 Å². The maximum absolute atomic E-state index is 12.3. The molecule has 0 unspecified atom stereocenters. The van der Waals surface area contributed by atoms with Crippen LogP contribution in [-0.2, 0) is 0 Å². The summed E-state index contributed by atoms with van der Waals surface area (Å²) in [7, 11) is 0. The zero-order valence-electron chi connectivity index (χ0n) is 13.9. The van der Waals surface area contributed by atoms with Crippen molar-refractivity contribution in [2.24, 2.45) is 0 Å². The second-order valence-electron chi connectivity index (χ2n) is 6.01. The normalized spacial score (nSPS) is 13.2. The highest BCUT2D eigenvalue weighted by atomic mass is 35.5. The van der Waals surface area contributed by atoms with Gasteiger partial charge in [0.25, 0.3) is 17.7 Å². The smallest absolute Gasteiger partial charge is 0.261 e. The van der Waals surface area contributed by atoms with Crippen LogP contribution < -0.4 is 5.32 Å². The number of benzene rings is 2. The first kappa shape index (κ1) is 17.2. The van der Waals surface area contributed by atoms with E-state index in [0.717, 1.165) is 16.0 Å². The molecule has 3 rings (SSSR count). The number of carbonyl (C=O) groups is 3. The molecule has 1 heterocycles. The molecule has 2 aromatic rings. The van der Waals surface area contributed by atoms with Crippen molar-refractivity contribution in [1.29, 1.82) is 0 Å². The number of amides is 3. The molecule has 0 atom stereocenters. The number of imide groups is 1. The van der Waals surface area contributed by atoms with Crippen LogP contribution in [0.3, 0.4) is 0 Å². The molecule has 1 N–H and O–H groups in total. The standard InChI is InChI=1S/C19H17ClN2O3/c1-11-3-4-13(9-12(11)2)17(23)21-7-8-22-18(24)15-6-5-14(20)10-16(15)19(22)25/h3-6,9-10H,7-8H2,1-2H3,(H,21,23). The van der Waals surface area contributed by atoms with Crippen molar-refractivity contribution in [1.82, 2.24) is 10.2 Å². The zero-order valence-corrected chi connectivity index (χ0v) is 14.7. The molecular weight excluding hydrogens is 340 g/mol. The number of hydrogen-bond acceptors (Lipinski definition) is 3. The average molecular weight is 357 g/mol. The van der Waals surface area contributed by atoms with Crippen molar-refractivity contribution in [3.8, 4) is 0 Å². The van der Waals surface area contributed by atoms with Gasteiger partial charge in [0.2, 0.25) is 0 Å². The van der Waals surface area contributed by atoms with Crippen molar-refractivity contribution in [3.63, 3.8) is 0 Å². The number of fused-ring (bicyclic) bond motifs is 1. The molecule has 0 spiro atoms. The van der Waals surface area contributed by atoms with Crippen molar-refractivity contribution in [2.75, 3.05) is 13.1 Å². The molecule has 5 nitrogen and oxygen atoms in total. The molecule has 1 aliphatic rings. The lowest BCUT2D eigenvalue weighted by molar-refractivity contribution is 0.0650. The number of carbonyl (C=O) groups excluding carboxylic acids is 3. The largest absolute Gasteiger partial charge is 0.350 e. The number of hydrogen-bond donors (Lipinski definition) is 1. The second-order valence-corrected chi connectivity index (χ2v) is 6.44. The Hall–Kier alpha value is -2.66. The van der Waals surface area contributed by atoms with Gasteiger partial charge in [-0.2, -0.15) is 0 Å². The third-order valence-electron chi connectivity index (χ3n) is 4.32. The topological polar surface area (TPSA) is 66.5 Å². The number of halogens is 1. The summed E-state index contributed by atoms with van der Waals surface area (Å²) >= 11 is 5.88. The van der Waals surface area contributed by atoms with E-state index in [4.69, 9.17) is 11.6 Å². The number of aryl methyl sites for hydroxylation is 2. The third-order valence-corrected chi connectivity index (χ3v) is 4.56. The summed E-state index contributed by atoms with van der Waals surface area (Å²) in [5.41, 5.74) is 3.34. The molecule has 6 heteroatoms. The molecule has 128 valence electrons. The van der Waals surface area contributed by atoms with Crippen LogP contribution in [0.15, 0.2) is 36.4 Å². The van der Waals surface area contributed by atoms with E-state index in [1.54, 1.807) is 18.2 Å². The summed E-state index contributed by atoms with van der Waals surface area (Å²) in [6, 6.07) is 10.1. The summed E-state index contributed by atoms with van der Waals surface area (Å²) in [5.74, 6) is -0.984. The van der Waals surface area contributed by atoms with Crippen LogP contribution >= 0.6 is 11.6 Å². The van der Waals surface area contributed by atoms with E-state index in [1.165, 1.54) is 6.07 Å². The Morgan fingerprint density at radius 2 is 1.72 bits per heavy atom. The lowest BCUT2D eigenvalue weighted by atomic mass is 10.1. The van der Waals surface area contributed by atoms with Gasteiger partial charge in [-0.25, -0.2) is 0 Å². The summed E-state index contributed by atoms with van der Waals surface area (Å²) < 4.78 is 0. The van der Waals surface area contributed by atoms with E-state index in [9.17, 15) is 14.4 Å². The van der Waals surface area contributed by atoms with E-state index >= 15 is 0 Å². The van der Waals surface area contributed by atoms with Crippen molar-refractivity contribution < 1.29 is 14.4 Å². The van der Waals surface area contributed by atoms with Crippen molar-refractivity contribution >= 4 is 29.3 Å². The fourth-order valence-corrected chi connectivity index (χ4v) is 2.90. The van der Waals surface area contributed by atoms with Crippen LogP contribution in [0.4, 0.5) is 0 Å². The van der Waals surface area contributed by atoms with E-state index in [0.29, 0.717) is 21.7 Å². The van der Waals surface area contributed by atoms with Gasteiger partial charge < -0.3 is 5.32 Å². The lowest BCUT2D eigenvalue weighted by Crippen LogP contribution is -2.38. The Morgan fingerprint density at radius 1 is 1.00 bits per heavy atom. The quantitative estimate of drug-likeness (QED) is 0.856. The van der Waals surface area contributed by atoms with Crippen LogP contribution in [-0.4, -0.2) is 35.7 Å². The van der Waals surface area contributed by atoms with Crippen molar-refractivity contribution in [3.05, 3.63) is 69.2 Å². The Morgan fingerprint density at radius 3 is 2.44 bits per heavy atom. The molecule has 3 amide bonds. The molecular formula is C19H17ClN2O3. The zero-order chi connectivity index (χ0) is 18.1. The molecule has 0 bridgehead atoms. The highest BCUT2D eigenvalue weighted by Crippen LogP contribution is 2.25. The van der Waals surface area contributed by atoms with Gasteiger partial charge in [-0.1, -0.05) is 17.7 Å². The molecule has 0 aromatic heterocycles. The minimum atomic E-state index is -0.386. The highest BCUT2D eigenvalue weighted by molar-refractivity contribution is 6.32.